The van der Waals surface area contributed by atoms with Gasteiger partial charge in [0.25, 0.3) is 18.2 Å². The van der Waals surface area contributed by atoms with Crippen molar-refractivity contribution in [2.24, 2.45) is 5.92 Å². The number of rotatable bonds is 32. The monoisotopic (exact) mass is 1500 g/mol. The molecule has 0 bridgehead atoms. The third kappa shape index (κ3) is 25.1. The van der Waals surface area contributed by atoms with Crippen LogP contribution in [0.15, 0.2) is 66.7 Å². The molecule has 0 unspecified atom stereocenters. The van der Waals surface area contributed by atoms with Crippen molar-refractivity contribution in [3.63, 3.8) is 0 Å². The molecule has 1 aromatic heterocycles. The largest absolute Gasteiger partial charge is 0.504 e. The Bertz CT molecular complexity index is 3440. The van der Waals surface area contributed by atoms with Crippen molar-refractivity contribution in [3.05, 3.63) is 77.9 Å². The van der Waals surface area contributed by atoms with Gasteiger partial charge in [-0.3, -0.25) is 33.6 Å². The standard InChI is InChI=1S/C69H99N11O22S2/c1-39-37-80-57(58(39)87)63(92)72-36-45(82)34-48(73-59(88)42-17-19-43(20-18-42)64-77-78-65(103-64)44-21-23-47(24-22-44)98-31-15-11-7-10-14-30-97-6)60(89)74-54(40(2)81)66(93)79-38-46(83)35-49(79)61(90)75-55(52(86)32-41-16-25-50(84)53(33-41)100-104-102-101-96)62(91)76-56(67(80)94)51(85)26-29-70-27-12-8-9-13-28-71-68(95)99-69(3,4)5/h16-25,33,39-40,45-46,48-49,51-52,54-58,70,81-87,96H,7-15,26-32,34-38H2,1-6H3,(H,71,95)(H,72,92)(H,73,88)(H,74,89)(H,75,90)(H,76,91)/t39-,40+,45+,46+,48+,49+,51-,52-,54+,55+,56+,57+,58+/m1/s1. The number of phenols is 1. The predicted molar refractivity (Wildman–Crippen MR) is 377 cm³/mol. The second kappa shape index (κ2) is 41.1. The van der Waals surface area contributed by atoms with Gasteiger partial charge in [-0.05, 0) is 127 Å². The molecule has 8 amide bonds. The van der Waals surface area contributed by atoms with Crippen LogP contribution >= 0.6 is 23.7 Å². The van der Waals surface area contributed by atoms with Gasteiger partial charge in [0.15, 0.2) is 11.5 Å². The third-order valence-corrected chi connectivity index (χ3v) is 19.0. The van der Waals surface area contributed by atoms with Crippen molar-refractivity contribution in [1.82, 2.24) is 57.2 Å². The number of alkyl carbamates (subject to hydrolysis) is 1. The Labute approximate surface area is 611 Å². The number of hydrogen-bond acceptors (Lipinski definition) is 27. The summed E-state index contributed by atoms with van der Waals surface area (Å²) in [5.74, 6) is -8.65. The summed E-state index contributed by atoms with van der Waals surface area (Å²) in [5.41, 5.74) is 0.876. The molecule has 0 spiro atoms. The molecule has 0 radical (unpaired) electrons. The highest BCUT2D eigenvalue weighted by atomic mass is 32.2. The van der Waals surface area contributed by atoms with Crippen molar-refractivity contribution >= 4 is 71.1 Å². The number of carbonyl (C=O) groups excluding carboxylic acids is 8. The summed E-state index contributed by atoms with van der Waals surface area (Å²) in [6.45, 7) is 8.58. The van der Waals surface area contributed by atoms with Gasteiger partial charge in [0.05, 0.1) is 43.2 Å². The first kappa shape index (κ1) is 83.4. The lowest BCUT2D eigenvalue weighted by molar-refractivity contribution is -0.433. The van der Waals surface area contributed by atoms with Crippen LogP contribution in [0.3, 0.4) is 0 Å². The normalized spacial score (nSPS) is 23.3. The van der Waals surface area contributed by atoms with Crippen LogP contribution in [-0.2, 0) is 54.0 Å². The lowest BCUT2D eigenvalue weighted by atomic mass is 9.98. The van der Waals surface area contributed by atoms with Gasteiger partial charge in [-0.2, -0.15) is 0 Å². The second-order valence-corrected chi connectivity index (χ2v) is 28.5. The highest BCUT2D eigenvalue weighted by Gasteiger charge is 2.50. The molecule has 35 heteroatoms. The average Bonchev–Trinajstić information content (AvgIpc) is 1.61. The number of fused-ring (bicyclic) bond motifs is 2. The van der Waals surface area contributed by atoms with E-state index < -0.39 is 170 Å². The molecule has 104 heavy (non-hydrogen) atoms. The van der Waals surface area contributed by atoms with E-state index in [4.69, 9.17) is 23.7 Å². The van der Waals surface area contributed by atoms with Gasteiger partial charge in [-0.1, -0.05) is 77.9 Å². The highest BCUT2D eigenvalue weighted by molar-refractivity contribution is 7.90. The predicted octanol–water partition coefficient (Wildman–Crippen LogP) is 1.93. The Kier molecular flexibility index (Phi) is 33.0. The molecule has 0 aliphatic carbocycles. The van der Waals surface area contributed by atoms with E-state index in [2.05, 4.69) is 56.8 Å². The van der Waals surface area contributed by atoms with Crippen LogP contribution in [0, 0.1) is 5.92 Å². The first-order chi connectivity index (χ1) is 49.7. The van der Waals surface area contributed by atoms with Gasteiger partial charge >= 0.3 is 6.09 Å². The SMILES string of the molecule is COCCCCCCCOc1ccc(-c2nnc(-c3ccc(C(=O)N[C@H]4C[C@H](O)CNC(=O)[C@@H]5[C@@H](O)[C@H](C)CN5C(=O)[C@H]([C@H](O)CCNCCCCCCNC(=O)OC(C)(C)C)NC(=O)[C@H]([C@H](O)Cc5ccc(O)c(OSOOO)c5)NC(=O)[C@@H]5C[C@H](O)CN5C(=O)[C@H]([C@H](C)O)NC4=O)cc3)s2)cc1. The number of aromatic hydroxyl groups is 1. The summed E-state index contributed by atoms with van der Waals surface area (Å²) in [4.78, 5) is 117. The van der Waals surface area contributed by atoms with Crippen molar-refractivity contribution in [3.8, 4) is 38.4 Å². The number of aliphatic hydroxyl groups is 6. The number of phenolic OH excluding ortho intramolecular Hbond substituents is 1. The Morgan fingerprint density at radius 2 is 1.34 bits per heavy atom. The zero-order valence-corrected chi connectivity index (χ0v) is 60.7. The molecule has 3 aliphatic heterocycles. The summed E-state index contributed by atoms with van der Waals surface area (Å²) in [6, 6.07) is 5.95. The fourth-order valence-corrected chi connectivity index (χ4v) is 13.2. The molecule has 33 nitrogen and oxygen atoms in total. The van der Waals surface area contributed by atoms with Gasteiger partial charge in [0.2, 0.25) is 35.4 Å². The number of ether oxygens (including phenoxy) is 3. The zero-order chi connectivity index (χ0) is 75.6. The highest BCUT2D eigenvalue weighted by Crippen LogP contribution is 2.34. The smallest absolute Gasteiger partial charge is 0.407 e. The third-order valence-electron chi connectivity index (χ3n) is 17.6. The molecule has 3 saturated heterocycles. The van der Waals surface area contributed by atoms with Crippen LogP contribution in [-0.4, -0.2) is 247 Å². The summed E-state index contributed by atoms with van der Waals surface area (Å²) >= 11 is 1.38. The summed E-state index contributed by atoms with van der Waals surface area (Å²) in [5, 5.41) is 121. The van der Waals surface area contributed by atoms with Crippen LogP contribution in [0.25, 0.3) is 21.1 Å². The van der Waals surface area contributed by atoms with Gasteiger partial charge in [-0.15, -0.1) is 10.2 Å². The van der Waals surface area contributed by atoms with E-state index in [1.165, 1.54) is 42.5 Å². The minimum absolute atomic E-state index is 0.0156. The number of methoxy groups -OCH3 is 1. The quantitative estimate of drug-likeness (QED) is 0.0144. The number of aliphatic hydroxyl groups excluding tert-OH is 6. The van der Waals surface area contributed by atoms with Crippen LogP contribution < -0.4 is 46.1 Å². The lowest BCUT2D eigenvalue weighted by Gasteiger charge is -2.34. The number of nitrogens with one attached hydrogen (secondary N) is 7. The Balaban J connectivity index is 1.13. The molecule has 3 aliphatic rings. The number of β-amino-alcohol motifs (C(OH)–C–C–N with tert-alkyl or cyclic N) is 1. The molecule has 3 fully saturated rings. The molecule has 4 heterocycles. The lowest BCUT2D eigenvalue weighted by Crippen LogP contribution is -2.64. The molecule has 3 aromatic carbocycles. The maximum atomic E-state index is 15.2. The molecule has 574 valence electrons. The van der Waals surface area contributed by atoms with Crippen molar-refractivity contribution in [1.29, 1.82) is 0 Å². The zero-order valence-electron chi connectivity index (χ0n) is 59.1. The molecular weight excluding hydrogens is 1400 g/mol. The first-order valence-electron chi connectivity index (χ1n) is 34.8. The van der Waals surface area contributed by atoms with Gasteiger partial charge < -0.3 is 101 Å². The van der Waals surface area contributed by atoms with Gasteiger partial charge in [-0.25, -0.2) is 10.1 Å². The fourth-order valence-electron chi connectivity index (χ4n) is 12.1. The molecular formula is C69H99N11O22S2. The second-order valence-electron chi connectivity index (χ2n) is 27.1. The van der Waals surface area contributed by atoms with E-state index >= 15 is 9.59 Å². The molecule has 15 N–H and O–H groups in total. The molecule has 0 saturated carbocycles. The van der Waals surface area contributed by atoms with E-state index in [0.717, 1.165) is 79.9 Å². The summed E-state index contributed by atoms with van der Waals surface area (Å²) < 4.78 is 25.8. The van der Waals surface area contributed by atoms with E-state index in [1.807, 2.05) is 24.3 Å². The van der Waals surface area contributed by atoms with E-state index in [9.17, 15) is 64.5 Å². The summed E-state index contributed by atoms with van der Waals surface area (Å²) in [6.07, 6.45) is -4.76. The minimum Gasteiger partial charge on any atom is -0.504 e. The number of amides is 8. The molecule has 13 atom stereocenters. The van der Waals surface area contributed by atoms with E-state index in [0.29, 0.717) is 53.9 Å². The number of unbranched alkanes of at least 4 members (excludes halogenated alkanes) is 7. The molecule has 7 rings (SSSR count). The fraction of sp³-hybridized carbons (Fsp3) is 0.594. The number of hydrogen-bond donors (Lipinski definition) is 15. The van der Waals surface area contributed by atoms with Crippen LogP contribution in [0.1, 0.15) is 128 Å². The minimum atomic E-state index is -2.13. The number of nitrogens with zero attached hydrogens (tertiary/aromatic N) is 4. The number of aromatic nitrogens is 2. The number of benzene rings is 3. The Hall–Kier alpha value is -7.91. The van der Waals surface area contributed by atoms with Crippen molar-refractivity contribution in [2.45, 2.75) is 197 Å². The van der Waals surface area contributed by atoms with Gasteiger partial charge in [0.1, 0.15) is 57.6 Å². The van der Waals surface area contributed by atoms with E-state index in [1.54, 1.807) is 40.0 Å². The van der Waals surface area contributed by atoms with Crippen LogP contribution in [0.2, 0.25) is 0 Å². The van der Waals surface area contributed by atoms with Gasteiger partial charge in [0, 0.05) is 81.8 Å². The maximum Gasteiger partial charge on any atom is 0.407 e. The number of carbonyl (C=O) groups is 8. The van der Waals surface area contributed by atoms with Crippen LogP contribution in [0.4, 0.5) is 4.79 Å². The molecule has 4 aromatic rings. The Morgan fingerprint density at radius 3 is 2.00 bits per heavy atom. The Morgan fingerprint density at radius 1 is 0.712 bits per heavy atom. The first-order valence-corrected chi connectivity index (χ1v) is 36.3. The van der Waals surface area contributed by atoms with Crippen molar-refractivity contribution < 1.29 is 107 Å². The van der Waals surface area contributed by atoms with E-state index in [-0.39, 0.29) is 48.7 Å². The average molecular weight is 1500 g/mol. The maximum absolute atomic E-state index is 15.2. The topological polar surface area (TPSA) is 470 Å². The summed E-state index contributed by atoms with van der Waals surface area (Å²) in [7, 11) is 1.70. The van der Waals surface area contributed by atoms with Crippen molar-refractivity contribution in [2.75, 3.05) is 59.6 Å². The van der Waals surface area contributed by atoms with Crippen LogP contribution in [0.5, 0.6) is 17.2 Å².